The van der Waals surface area contributed by atoms with Crippen molar-refractivity contribution in [1.29, 1.82) is 0 Å². The topological polar surface area (TPSA) is 35.5 Å². The summed E-state index contributed by atoms with van der Waals surface area (Å²) in [6.45, 7) is 0.328. The van der Waals surface area contributed by atoms with Gasteiger partial charge in [0.25, 0.3) is 0 Å². The highest BCUT2D eigenvalue weighted by atomic mass is 79.9. The largest absolute Gasteiger partial charge is 0.460 e. The number of rotatable bonds is 3. The van der Waals surface area contributed by atoms with Crippen molar-refractivity contribution in [3.05, 3.63) is 34.3 Å². The lowest BCUT2D eigenvalue weighted by atomic mass is 9.89. The molecule has 0 N–H and O–H groups in total. The van der Waals surface area contributed by atoms with E-state index in [0.717, 1.165) is 29.3 Å². The fourth-order valence-corrected chi connectivity index (χ4v) is 3.16. The number of halogens is 1. The van der Waals surface area contributed by atoms with Crippen LogP contribution in [0.25, 0.3) is 0 Å². The highest BCUT2D eigenvalue weighted by Crippen LogP contribution is 2.39. The SMILES string of the molecule is O=C(OCc1ccccc1Br)[C@@H]1C[C@H]2CC[C@H]1O2. The van der Waals surface area contributed by atoms with Crippen molar-refractivity contribution in [2.45, 2.75) is 38.1 Å². The van der Waals surface area contributed by atoms with Gasteiger partial charge in [-0.1, -0.05) is 34.1 Å². The Morgan fingerprint density at radius 3 is 2.89 bits per heavy atom. The zero-order valence-corrected chi connectivity index (χ0v) is 11.6. The molecule has 3 rings (SSSR count). The van der Waals surface area contributed by atoms with Crippen molar-refractivity contribution in [2.24, 2.45) is 5.92 Å². The summed E-state index contributed by atoms with van der Waals surface area (Å²) < 4.78 is 12.0. The molecule has 96 valence electrons. The van der Waals surface area contributed by atoms with Crippen LogP contribution in [0, 0.1) is 5.92 Å². The zero-order chi connectivity index (χ0) is 12.5. The van der Waals surface area contributed by atoms with Crippen LogP contribution >= 0.6 is 15.9 Å². The minimum Gasteiger partial charge on any atom is -0.460 e. The standard InChI is InChI=1S/C14H15BrO3/c15-12-4-2-1-3-9(12)8-17-14(16)11-7-10-5-6-13(11)18-10/h1-4,10-11,13H,5-8H2/t10-,11-,13-/m1/s1. The molecule has 1 aromatic carbocycles. The second-order valence-corrected chi connectivity index (χ2v) is 5.77. The minimum absolute atomic E-state index is 0.0498. The minimum atomic E-state index is -0.113. The van der Waals surface area contributed by atoms with Gasteiger partial charge >= 0.3 is 5.97 Å². The van der Waals surface area contributed by atoms with Gasteiger partial charge in [-0.15, -0.1) is 0 Å². The molecule has 0 radical (unpaired) electrons. The number of esters is 1. The van der Waals surface area contributed by atoms with Crippen LogP contribution in [0.4, 0.5) is 0 Å². The summed E-state index contributed by atoms with van der Waals surface area (Å²) in [4.78, 5) is 12.0. The van der Waals surface area contributed by atoms with E-state index in [4.69, 9.17) is 9.47 Å². The number of benzene rings is 1. The van der Waals surface area contributed by atoms with Crippen molar-refractivity contribution < 1.29 is 14.3 Å². The fourth-order valence-electron chi connectivity index (χ4n) is 2.76. The van der Waals surface area contributed by atoms with Gasteiger partial charge in [0, 0.05) is 10.0 Å². The molecular weight excluding hydrogens is 296 g/mol. The molecule has 0 aromatic heterocycles. The summed E-state index contributed by atoms with van der Waals surface area (Å²) in [5.74, 6) is -0.163. The third-order valence-corrected chi connectivity index (χ3v) is 4.51. The zero-order valence-electron chi connectivity index (χ0n) is 9.97. The van der Waals surface area contributed by atoms with E-state index < -0.39 is 0 Å². The maximum Gasteiger partial charge on any atom is 0.312 e. The molecule has 2 bridgehead atoms. The summed E-state index contributed by atoms with van der Waals surface area (Å²) in [5, 5.41) is 0. The first-order valence-corrected chi connectivity index (χ1v) is 7.09. The van der Waals surface area contributed by atoms with E-state index in [1.165, 1.54) is 0 Å². The molecule has 2 heterocycles. The first-order chi connectivity index (χ1) is 8.74. The molecule has 2 fully saturated rings. The first-order valence-electron chi connectivity index (χ1n) is 6.29. The van der Waals surface area contributed by atoms with E-state index in [2.05, 4.69) is 15.9 Å². The smallest absolute Gasteiger partial charge is 0.312 e. The van der Waals surface area contributed by atoms with E-state index in [0.29, 0.717) is 6.61 Å². The highest BCUT2D eigenvalue weighted by Gasteiger charge is 2.45. The summed E-state index contributed by atoms with van der Waals surface area (Å²) in [6, 6.07) is 7.78. The maximum absolute atomic E-state index is 12.0. The van der Waals surface area contributed by atoms with Gasteiger partial charge < -0.3 is 9.47 Å². The number of hydrogen-bond donors (Lipinski definition) is 0. The predicted molar refractivity (Wildman–Crippen MR) is 69.9 cm³/mol. The number of ether oxygens (including phenoxy) is 2. The number of fused-ring (bicyclic) bond motifs is 2. The van der Waals surface area contributed by atoms with Crippen LogP contribution in [0.3, 0.4) is 0 Å². The Balaban J connectivity index is 1.58. The molecule has 4 heteroatoms. The van der Waals surface area contributed by atoms with E-state index in [-0.39, 0.29) is 24.1 Å². The Labute approximate surface area is 115 Å². The van der Waals surface area contributed by atoms with Crippen LogP contribution in [0.2, 0.25) is 0 Å². The summed E-state index contributed by atoms with van der Waals surface area (Å²) in [6.07, 6.45) is 3.31. The summed E-state index contributed by atoms with van der Waals surface area (Å²) in [5.41, 5.74) is 0.995. The lowest BCUT2D eigenvalue weighted by molar-refractivity contribution is -0.151. The second kappa shape index (κ2) is 5.02. The molecule has 3 atom stereocenters. The molecule has 0 aliphatic carbocycles. The number of carbonyl (C=O) groups is 1. The lowest BCUT2D eigenvalue weighted by Crippen LogP contribution is -2.27. The molecule has 2 aliphatic rings. The molecule has 0 unspecified atom stereocenters. The third-order valence-electron chi connectivity index (χ3n) is 3.74. The van der Waals surface area contributed by atoms with Gasteiger partial charge in [-0.2, -0.15) is 0 Å². The Kier molecular flexibility index (Phi) is 3.39. The fraction of sp³-hybridized carbons (Fsp3) is 0.500. The van der Waals surface area contributed by atoms with Gasteiger partial charge in [0.05, 0.1) is 18.1 Å². The summed E-state index contributed by atoms with van der Waals surface area (Å²) in [7, 11) is 0. The van der Waals surface area contributed by atoms with Gasteiger partial charge in [-0.3, -0.25) is 4.79 Å². The lowest BCUT2D eigenvalue weighted by Gasteiger charge is -2.17. The van der Waals surface area contributed by atoms with Crippen LogP contribution in [0.15, 0.2) is 28.7 Å². The predicted octanol–water partition coefficient (Wildman–Crippen LogP) is 3.06. The van der Waals surface area contributed by atoms with Crippen LogP contribution in [-0.4, -0.2) is 18.2 Å². The molecule has 2 saturated heterocycles. The normalized spacial score (nSPS) is 29.5. The summed E-state index contributed by atoms with van der Waals surface area (Å²) >= 11 is 3.45. The first kappa shape index (κ1) is 12.2. The third kappa shape index (κ3) is 2.31. The van der Waals surface area contributed by atoms with Gasteiger partial charge in [-0.05, 0) is 25.3 Å². The van der Waals surface area contributed by atoms with Crippen molar-refractivity contribution in [1.82, 2.24) is 0 Å². The van der Waals surface area contributed by atoms with E-state index in [1.54, 1.807) is 0 Å². The van der Waals surface area contributed by atoms with Crippen LogP contribution in [0.1, 0.15) is 24.8 Å². The molecule has 2 aliphatic heterocycles. The van der Waals surface area contributed by atoms with E-state index >= 15 is 0 Å². The number of hydrogen-bond acceptors (Lipinski definition) is 3. The average molecular weight is 311 g/mol. The van der Waals surface area contributed by atoms with Gasteiger partial charge in [0.1, 0.15) is 6.61 Å². The van der Waals surface area contributed by atoms with Gasteiger partial charge in [0.2, 0.25) is 0 Å². The molecular formula is C14H15BrO3. The Morgan fingerprint density at radius 2 is 2.22 bits per heavy atom. The van der Waals surface area contributed by atoms with E-state index in [1.807, 2.05) is 24.3 Å². The van der Waals surface area contributed by atoms with Crippen molar-refractivity contribution in [3.63, 3.8) is 0 Å². The van der Waals surface area contributed by atoms with Crippen LogP contribution < -0.4 is 0 Å². The molecule has 3 nitrogen and oxygen atoms in total. The second-order valence-electron chi connectivity index (χ2n) is 4.92. The van der Waals surface area contributed by atoms with Crippen LogP contribution in [0.5, 0.6) is 0 Å². The Morgan fingerprint density at radius 1 is 1.39 bits per heavy atom. The van der Waals surface area contributed by atoms with E-state index in [9.17, 15) is 4.79 Å². The Hall–Kier alpha value is -0.870. The molecule has 0 spiro atoms. The van der Waals surface area contributed by atoms with Gasteiger partial charge in [0.15, 0.2) is 0 Å². The molecule has 0 saturated carbocycles. The van der Waals surface area contributed by atoms with Gasteiger partial charge in [-0.25, -0.2) is 0 Å². The van der Waals surface area contributed by atoms with Crippen LogP contribution in [-0.2, 0) is 20.9 Å². The quantitative estimate of drug-likeness (QED) is 0.805. The van der Waals surface area contributed by atoms with Crippen molar-refractivity contribution in [3.8, 4) is 0 Å². The molecule has 18 heavy (non-hydrogen) atoms. The van der Waals surface area contributed by atoms with Crippen molar-refractivity contribution in [2.75, 3.05) is 0 Å². The average Bonchev–Trinajstić information content (AvgIpc) is 2.99. The molecule has 1 aromatic rings. The molecule has 0 amide bonds. The highest BCUT2D eigenvalue weighted by molar-refractivity contribution is 9.10. The monoisotopic (exact) mass is 310 g/mol. The number of carbonyl (C=O) groups excluding carboxylic acids is 1. The maximum atomic E-state index is 12.0. The Bertz CT molecular complexity index is 460. The van der Waals surface area contributed by atoms with Crippen molar-refractivity contribution >= 4 is 21.9 Å².